The van der Waals surface area contributed by atoms with Crippen LogP contribution in [0.15, 0.2) is 42.5 Å². The van der Waals surface area contributed by atoms with Crippen LogP contribution in [0.3, 0.4) is 0 Å². The van der Waals surface area contributed by atoms with Crippen LogP contribution in [0.4, 0.5) is 0 Å². The van der Waals surface area contributed by atoms with Crippen molar-refractivity contribution < 1.29 is 19.1 Å². The van der Waals surface area contributed by atoms with E-state index in [0.29, 0.717) is 28.0 Å². The van der Waals surface area contributed by atoms with Gasteiger partial charge in [0.2, 0.25) is 18.6 Å². The molecule has 0 spiro atoms. The van der Waals surface area contributed by atoms with E-state index in [1.54, 1.807) is 24.3 Å². The third-order valence-electron chi connectivity index (χ3n) is 6.42. The summed E-state index contributed by atoms with van der Waals surface area (Å²) in [7, 11) is 0. The number of hydrogen-bond donors (Lipinski definition) is 1. The van der Waals surface area contributed by atoms with Crippen LogP contribution < -0.4 is 14.8 Å². The van der Waals surface area contributed by atoms with E-state index in [9.17, 15) is 9.59 Å². The van der Waals surface area contributed by atoms with Crippen molar-refractivity contribution in [2.45, 2.75) is 51.2 Å². The number of halogens is 2. The summed E-state index contributed by atoms with van der Waals surface area (Å²) in [4.78, 5) is 28.2. The molecule has 1 heterocycles. The Balaban J connectivity index is 1.68. The molecule has 6 nitrogen and oxygen atoms in total. The molecule has 176 valence electrons. The standard InChI is InChI=1S/C25H28Cl2N2O4/c1-16-6-2-5-9-20(16)28-25(31)24(18-7-3-4-8-19(18)27)29(23(30)13-26)14-17-10-11-21-22(12-17)33-15-32-21/h3-4,7-8,10-12,16,20,24H,2,5-6,9,13-15H2,1H3,(H,28,31)/t16-,20+,24-/m1/s1. The molecule has 3 atom stereocenters. The van der Waals surface area contributed by atoms with E-state index in [1.807, 2.05) is 18.2 Å². The molecule has 33 heavy (non-hydrogen) atoms. The van der Waals surface area contributed by atoms with Crippen LogP contribution in [0.2, 0.25) is 5.02 Å². The van der Waals surface area contributed by atoms with Crippen molar-refractivity contribution >= 4 is 35.0 Å². The molecule has 2 aliphatic rings. The van der Waals surface area contributed by atoms with Crippen LogP contribution >= 0.6 is 23.2 Å². The smallest absolute Gasteiger partial charge is 0.247 e. The van der Waals surface area contributed by atoms with Crippen LogP contribution in [-0.2, 0) is 16.1 Å². The molecule has 2 aromatic rings. The topological polar surface area (TPSA) is 67.9 Å². The van der Waals surface area contributed by atoms with E-state index >= 15 is 0 Å². The summed E-state index contributed by atoms with van der Waals surface area (Å²) >= 11 is 12.5. The van der Waals surface area contributed by atoms with E-state index < -0.39 is 6.04 Å². The minimum Gasteiger partial charge on any atom is -0.454 e. The molecular weight excluding hydrogens is 463 g/mol. The van der Waals surface area contributed by atoms with Gasteiger partial charge in [-0.1, -0.05) is 55.6 Å². The van der Waals surface area contributed by atoms with E-state index in [4.69, 9.17) is 32.7 Å². The number of rotatable bonds is 7. The van der Waals surface area contributed by atoms with Gasteiger partial charge in [-0.05, 0) is 42.5 Å². The van der Waals surface area contributed by atoms with Gasteiger partial charge in [-0.3, -0.25) is 9.59 Å². The molecule has 0 aromatic heterocycles. The summed E-state index contributed by atoms with van der Waals surface area (Å²) in [6.45, 7) is 2.49. The molecule has 1 saturated carbocycles. The summed E-state index contributed by atoms with van der Waals surface area (Å²) in [5.74, 6) is 0.785. The predicted molar refractivity (Wildman–Crippen MR) is 128 cm³/mol. The number of nitrogens with zero attached hydrogens (tertiary/aromatic N) is 1. The third-order valence-corrected chi connectivity index (χ3v) is 7.00. The summed E-state index contributed by atoms with van der Waals surface area (Å²) in [5, 5.41) is 3.63. The monoisotopic (exact) mass is 490 g/mol. The van der Waals surface area contributed by atoms with E-state index in [2.05, 4.69) is 12.2 Å². The fraction of sp³-hybridized carbons (Fsp3) is 0.440. The van der Waals surface area contributed by atoms with Crippen LogP contribution in [0.5, 0.6) is 11.5 Å². The molecule has 0 saturated heterocycles. The summed E-state index contributed by atoms with van der Waals surface area (Å²) < 4.78 is 10.9. The van der Waals surface area contributed by atoms with E-state index in [-0.39, 0.29) is 37.1 Å². The molecule has 1 aliphatic carbocycles. The van der Waals surface area contributed by atoms with Crippen molar-refractivity contribution in [1.29, 1.82) is 0 Å². The Morgan fingerprint density at radius 2 is 1.88 bits per heavy atom. The highest BCUT2D eigenvalue weighted by Crippen LogP contribution is 2.35. The molecule has 2 amide bonds. The quantitative estimate of drug-likeness (QED) is 0.549. The summed E-state index contributed by atoms with van der Waals surface area (Å²) in [6.07, 6.45) is 4.24. The lowest BCUT2D eigenvalue weighted by molar-refractivity contribution is -0.140. The predicted octanol–water partition coefficient (Wildman–Crippen LogP) is 5.07. The van der Waals surface area contributed by atoms with Crippen molar-refractivity contribution in [1.82, 2.24) is 10.2 Å². The van der Waals surface area contributed by atoms with E-state index in [1.165, 1.54) is 11.3 Å². The number of carbonyl (C=O) groups is 2. The molecular formula is C25H28Cl2N2O4. The lowest BCUT2D eigenvalue weighted by Gasteiger charge is -2.35. The van der Waals surface area contributed by atoms with Crippen molar-refractivity contribution in [2.75, 3.05) is 12.7 Å². The van der Waals surface area contributed by atoms with Crippen LogP contribution in [0.25, 0.3) is 0 Å². The minimum absolute atomic E-state index is 0.0646. The number of benzene rings is 2. The highest BCUT2D eigenvalue weighted by molar-refractivity contribution is 6.31. The molecule has 2 aromatic carbocycles. The molecule has 0 radical (unpaired) electrons. The van der Waals surface area contributed by atoms with Gasteiger partial charge >= 0.3 is 0 Å². The summed E-state index contributed by atoms with van der Waals surface area (Å²) in [6, 6.07) is 11.8. The Morgan fingerprint density at radius 3 is 2.64 bits per heavy atom. The Morgan fingerprint density at radius 1 is 1.12 bits per heavy atom. The Kier molecular flexibility index (Phi) is 7.66. The van der Waals surface area contributed by atoms with Gasteiger partial charge in [-0.15, -0.1) is 11.6 Å². The van der Waals surface area contributed by atoms with Gasteiger partial charge in [0.1, 0.15) is 11.9 Å². The van der Waals surface area contributed by atoms with Gasteiger partial charge < -0.3 is 19.7 Å². The average Bonchev–Trinajstić information content (AvgIpc) is 3.29. The first-order valence-corrected chi connectivity index (χ1v) is 12.2. The van der Waals surface area contributed by atoms with Gasteiger partial charge in [-0.25, -0.2) is 0 Å². The molecule has 1 fully saturated rings. The Labute approximate surface area is 204 Å². The van der Waals surface area contributed by atoms with Gasteiger partial charge in [0.25, 0.3) is 0 Å². The first kappa shape index (κ1) is 23.7. The molecule has 0 unspecified atom stereocenters. The second-order valence-corrected chi connectivity index (χ2v) is 9.32. The van der Waals surface area contributed by atoms with Crippen molar-refractivity contribution in [3.63, 3.8) is 0 Å². The zero-order chi connectivity index (χ0) is 23.4. The SMILES string of the molecule is C[C@@H]1CCCC[C@@H]1NC(=O)[C@@H](c1ccccc1Cl)N(Cc1ccc2c(c1)OCO2)C(=O)CCl. The molecule has 1 aliphatic heterocycles. The maximum Gasteiger partial charge on any atom is 0.247 e. The van der Waals surface area contributed by atoms with Gasteiger partial charge in [0, 0.05) is 23.2 Å². The highest BCUT2D eigenvalue weighted by Gasteiger charge is 2.35. The zero-order valence-corrected chi connectivity index (χ0v) is 20.1. The minimum atomic E-state index is -0.913. The molecule has 8 heteroatoms. The second kappa shape index (κ2) is 10.7. The van der Waals surface area contributed by atoms with Crippen LogP contribution in [0, 0.1) is 5.92 Å². The maximum atomic E-state index is 13.7. The maximum absolute atomic E-state index is 13.7. The average molecular weight is 491 g/mol. The van der Waals surface area contributed by atoms with Gasteiger partial charge in [0.15, 0.2) is 11.5 Å². The van der Waals surface area contributed by atoms with Crippen molar-refractivity contribution in [3.05, 3.63) is 58.6 Å². The van der Waals surface area contributed by atoms with Crippen LogP contribution in [0.1, 0.15) is 49.8 Å². The van der Waals surface area contributed by atoms with E-state index in [0.717, 1.165) is 24.8 Å². The molecule has 0 bridgehead atoms. The number of amides is 2. The number of carbonyl (C=O) groups excluding carboxylic acids is 2. The first-order chi connectivity index (χ1) is 16.0. The molecule has 4 rings (SSSR count). The van der Waals surface area contributed by atoms with Crippen molar-refractivity contribution in [2.24, 2.45) is 5.92 Å². The fourth-order valence-electron chi connectivity index (χ4n) is 4.58. The number of ether oxygens (including phenoxy) is 2. The largest absolute Gasteiger partial charge is 0.454 e. The zero-order valence-electron chi connectivity index (χ0n) is 18.6. The van der Waals surface area contributed by atoms with Gasteiger partial charge in [0.05, 0.1) is 0 Å². The number of alkyl halides is 1. The Bertz CT molecular complexity index is 1020. The number of hydrogen-bond acceptors (Lipinski definition) is 4. The normalized spacial score (nSPS) is 20.2. The number of nitrogens with one attached hydrogen (secondary N) is 1. The van der Waals surface area contributed by atoms with Gasteiger partial charge in [-0.2, -0.15) is 0 Å². The number of fused-ring (bicyclic) bond motifs is 1. The highest BCUT2D eigenvalue weighted by atomic mass is 35.5. The Hall–Kier alpha value is -2.44. The fourth-order valence-corrected chi connectivity index (χ4v) is 4.97. The summed E-state index contributed by atoms with van der Waals surface area (Å²) in [5.41, 5.74) is 1.37. The van der Waals surface area contributed by atoms with Crippen LogP contribution in [-0.4, -0.2) is 35.4 Å². The molecule has 1 N–H and O–H groups in total. The first-order valence-electron chi connectivity index (χ1n) is 11.3. The lowest BCUT2D eigenvalue weighted by Crippen LogP contribution is -2.49. The second-order valence-electron chi connectivity index (χ2n) is 8.64. The lowest BCUT2D eigenvalue weighted by atomic mass is 9.85. The third kappa shape index (κ3) is 5.39. The van der Waals surface area contributed by atoms with Crippen molar-refractivity contribution in [3.8, 4) is 11.5 Å².